The molecule has 0 spiro atoms. The molecule has 24 heavy (non-hydrogen) atoms. The third-order valence-electron chi connectivity index (χ3n) is 3.40. The second-order valence-corrected chi connectivity index (χ2v) is 6.01. The van der Waals surface area contributed by atoms with Crippen LogP contribution in [0.15, 0.2) is 47.9 Å². The van der Waals surface area contributed by atoms with E-state index in [4.69, 9.17) is 4.74 Å². The average molecular weight is 348 g/mol. The van der Waals surface area contributed by atoms with Gasteiger partial charge in [-0.25, -0.2) is 9.78 Å². The summed E-state index contributed by atoms with van der Waals surface area (Å²) in [6, 6.07) is 10.3. The lowest BCUT2D eigenvalue weighted by Crippen LogP contribution is -2.13. The van der Waals surface area contributed by atoms with Gasteiger partial charge in [0.1, 0.15) is 0 Å². The smallest absolute Gasteiger partial charge is 0.331 e. The molecule has 3 aromatic rings. The predicted octanol–water partition coefficient (Wildman–Crippen LogP) is 4.81. The lowest BCUT2D eigenvalue weighted by molar-refractivity contribution is -0.143. The summed E-state index contributed by atoms with van der Waals surface area (Å²) >= 11 is 1.48. The fraction of sp³-hybridized carbons (Fsp3) is 0.176. The molecule has 1 unspecified atom stereocenters. The van der Waals surface area contributed by atoms with Crippen molar-refractivity contribution in [2.24, 2.45) is 0 Å². The van der Waals surface area contributed by atoms with Crippen LogP contribution in [0.4, 0.5) is 8.78 Å². The molecule has 0 amide bonds. The van der Waals surface area contributed by atoms with Gasteiger partial charge in [-0.05, 0) is 36.6 Å². The predicted molar refractivity (Wildman–Crippen MR) is 88.8 cm³/mol. The summed E-state index contributed by atoms with van der Waals surface area (Å²) in [7, 11) is 0. The van der Waals surface area contributed by atoms with Gasteiger partial charge in [-0.2, -0.15) is 8.78 Å². The molecular weight excluding hydrogens is 334 g/mol. The Bertz CT molecular complexity index is 872. The first kappa shape index (κ1) is 16.3. The summed E-state index contributed by atoms with van der Waals surface area (Å²) in [5, 5.41) is 1.89. The molecule has 2 heterocycles. The lowest BCUT2D eigenvalue weighted by Gasteiger charge is -2.14. The van der Waals surface area contributed by atoms with E-state index in [9.17, 15) is 13.6 Å². The van der Waals surface area contributed by atoms with E-state index >= 15 is 0 Å². The maximum atomic E-state index is 13.4. The van der Waals surface area contributed by atoms with Gasteiger partial charge in [-0.15, -0.1) is 11.3 Å². The molecule has 0 saturated carbocycles. The van der Waals surface area contributed by atoms with Crippen molar-refractivity contribution < 1.29 is 18.3 Å². The zero-order valence-electron chi connectivity index (χ0n) is 12.7. The Morgan fingerprint density at radius 2 is 2.08 bits per heavy atom. The number of rotatable bonds is 5. The van der Waals surface area contributed by atoms with E-state index in [1.54, 1.807) is 30.3 Å². The van der Waals surface area contributed by atoms with Crippen molar-refractivity contribution in [2.45, 2.75) is 19.6 Å². The van der Waals surface area contributed by atoms with Crippen LogP contribution in [-0.4, -0.2) is 15.5 Å². The Labute approximate surface area is 141 Å². The Hall–Kier alpha value is -2.54. The van der Waals surface area contributed by atoms with Crippen LogP contribution in [0.2, 0.25) is 0 Å². The molecule has 2 aromatic heterocycles. The molecule has 0 aliphatic rings. The molecule has 4 nitrogen and oxygen atoms in total. The van der Waals surface area contributed by atoms with Gasteiger partial charge in [-0.3, -0.25) is 4.57 Å². The average Bonchev–Trinajstić information content (AvgIpc) is 3.20. The van der Waals surface area contributed by atoms with Gasteiger partial charge in [0.05, 0.1) is 11.0 Å². The first-order valence-corrected chi connectivity index (χ1v) is 8.11. The minimum atomic E-state index is -2.77. The van der Waals surface area contributed by atoms with Crippen LogP contribution in [0, 0.1) is 0 Å². The number of alkyl halides is 2. The number of esters is 1. The van der Waals surface area contributed by atoms with Crippen molar-refractivity contribution in [3.63, 3.8) is 0 Å². The van der Waals surface area contributed by atoms with E-state index < -0.39 is 18.6 Å². The monoisotopic (exact) mass is 348 g/mol. The molecule has 0 aliphatic carbocycles. The second kappa shape index (κ2) is 6.92. The highest BCUT2D eigenvalue weighted by Crippen LogP contribution is 2.28. The number of ether oxygens (including phenoxy) is 1. The van der Waals surface area contributed by atoms with Gasteiger partial charge in [0.25, 0.3) is 0 Å². The first-order chi connectivity index (χ1) is 11.6. The van der Waals surface area contributed by atoms with Gasteiger partial charge in [0.2, 0.25) is 0 Å². The molecule has 124 valence electrons. The van der Waals surface area contributed by atoms with Gasteiger partial charge < -0.3 is 4.74 Å². The minimum Gasteiger partial charge on any atom is -0.451 e. The van der Waals surface area contributed by atoms with Gasteiger partial charge in [-0.1, -0.05) is 18.2 Å². The molecule has 0 radical (unpaired) electrons. The molecular formula is C17H14F2N2O2S. The zero-order chi connectivity index (χ0) is 17.1. The third-order valence-corrected chi connectivity index (χ3v) is 4.24. The van der Waals surface area contributed by atoms with Crippen molar-refractivity contribution in [3.8, 4) is 0 Å². The van der Waals surface area contributed by atoms with E-state index in [2.05, 4.69) is 4.98 Å². The normalized spacial score (nSPS) is 13.0. The van der Waals surface area contributed by atoms with Crippen LogP contribution < -0.4 is 0 Å². The summed E-state index contributed by atoms with van der Waals surface area (Å²) in [6.07, 6.45) is 2.00. The number of carbonyl (C=O) groups excluding carboxylic acids is 1. The zero-order valence-corrected chi connectivity index (χ0v) is 13.5. The number of imidazole rings is 1. The number of fused-ring (bicyclic) bond motifs is 1. The SMILES string of the molecule is CC(OC(=O)/C=C/c1cccs1)c1nc2ccccc2n1C(F)F. The lowest BCUT2D eigenvalue weighted by atomic mass is 10.3. The summed E-state index contributed by atoms with van der Waals surface area (Å²) in [5.41, 5.74) is 0.740. The molecule has 0 bridgehead atoms. The summed E-state index contributed by atoms with van der Waals surface area (Å²) in [6.45, 7) is -1.24. The van der Waals surface area contributed by atoms with E-state index in [1.165, 1.54) is 24.3 Å². The van der Waals surface area contributed by atoms with E-state index in [1.807, 2.05) is 17.5 Å². The Kier molecular flexibility index (Phi) is 4.71. The van der Waals surface area contributed by atoms with Crippen molar-refractivity contribution in [2.75, 3.05) is 0 Å². The number of hydrogen-bond donors (Lipinski definition) is 0. The number of halogens is 2. The molecule has 1 atom stereocenters. The minimum absolute atomic E-state index is 0.0177. The number of hydrogen-bond acceptors (Lipinski definition) is 4. The summed E-state index contributed by atoms with van der Waals surface area (Å²) in [4.78, 5) is 17.0. The highest BCUT2D eigenvalue weighted by Gasteiger charge is 2.23. The Morgan fingerprint density at radius 1 is 1.29 bits per heavy atom. The van der Waals surface area contributed by atoms with Crippen LogP contribution in [-0.2, 0) is 9.53 Å². The largest absolute Gasteiger partial charge is 0.451 e. The van der Waals surface area contributed by atoms with Gasteiger partial charge >= 0.3 is 12.5 Å². The third kappa shape index (κ3) is 3.35. The maximum absolute atomic E-state index is 13.4. The van der Waals surface area contributed by atoms with Crippen LogP contribution in [0.5, 0.6) is 0 Å². The molecule has 7 heteroatoms. The molecule has 3 rings (SSSR count). The van der Waals surface area contributed by atoms with Gasteiger partial charge in [0, 0.05) is 11.0 Å². The molecule has 0 aliphatic heterocycles. The van der Waals surface area contributed by atoms with Crippen molar-refractivity contribution >= 4 is 34.4 Å². The number of carbonyl (C=O) groups is 1. The fourth-order valence-corrected chi connectivity index (χ4v) is 2.98. The van der Waals surface area contributed by atoms with Crippen LogP contribution >= 0.6 is 11.3 Å². The number of benzene rings is 1. The fourth-order valence-electron chi connectivity index (χ4n) is 2.36. The molecule has 0 fully saturated rings. The highest BCUT2D eigenvalue weighted by atomic mass is 32.1. The van der Waals surface area contributed by atoms with Gasteiger partial charge in [0.15, 0.2) is 11.9 Å². The van der Waals surface area contributed by atoms with E-state index in [-0.39, 0.29) is 5.82 Å². The quantitative estimate of drug-likeness (QED) is 0.491. The summed E-state index contributed by atoms with van der Waals surface area (Å²) in [5.74, 6) is -0.590. The van der Waals surface area contributed by atoms with Crippen molar-refractivity contribution in [1.29, 1.82) is 0 Å². The first-order valence-electron chi connectivity index (χ1n) is 7.23. The summed E-state index contributed by atoms with van der Waals surface area (Å²) < 4.78 is 32.8. The number of para-hydroxylation sites is 2. The van der Waals surface area contributed by atoms with E-state index in [0.717, 1.165) is 9.44 Å². The Balaban J connectivity index is 1.82. The van der Waals surface area contributed by atoms with E-state index in [0.29, 0.717) is 11.0 Å². The highest BCUT2D eigenvalue weighted by molar-refractivity contribution is 7.10. The standard InChI is InChI=1S/C17H14F2N2O2S/c1-11(23-15(22)9-8-12-5-4-10-24-12)16-20-13-6-2-3-7-14(13)21(16)17(18)19/h2-11,17H,1H3/b9-8+. The van der Waals surface area contributed by atoms with Crippen LogP contribution in [0.1, 0.15) is 30.3 Å². The van der Waals surface area contributed by atoms with Crippen molar-refractivity contribution in [1.82, 2.24) is 9.55 Å². The number of nitrogens with zero attached hydrogens (tertiary/aromatic N) is 2. The molecule has 1 aromatic carbocycles. The number of aromatic nitrogens is 2. The number of thiophene rings is 1. The van der Waals surface area contributed by atoms with Crippen LogP contribution in [0.3, 0.4) is 0 Å². The maximum Gasteiger partial charge on any atom is 0.331 e. The van der Waals surface area contributed by atoms with Crippen LogP contribution in [0.25, 0.3) is 17.1 Å². The molecule has 0 N–H and O–H groups in total. The topological polar surface area (TPSA) is 44.1 Å². The van der Waals surface area contributed by atoms with Crippen molar-refractivity contribution in [3.05, 3.63) is 58.6 Å². The second-order valence-electron chi connectivity index (χ2n) is 5.03. The Morgan fingerprint density at radius 3 is 2.79 bits per heavy atom. The molecule has 0 saturated heterocycles.